The van der Waals surface area contributed by atoms with E-state index in [1.165, 1.54) is 6.33 Å². The third kappa shape index (κ3) is 2.53. The Morgan fingerprint density at radius 2 is 1.95 bits per heavy atom. The normalized spacial score (nSPS) is 12.4. The summed E-state index contributed by atoms with van der Waals surface area (Å²) in [5, 5.41) is 0.574. The van der Waals surface area contributed by atoms with Crippen LogP contribution in [0.15, 0.2) is 24.5 Å². The number of fused-ring (bicyclic) bond motifs is 3. The summed E-state index contributed by atoms with van der Waals surface area (Å²) in [5.74, 6) is 0.265. The van der Waals surface area contributed by atoms with Crippen LogP contribution in [-0.4, -0.2) is 20.7 Å². The standard InChI is InChI=1S/C13H8Cl2F3N3/c14-4-7-1-2-9-8(3-7)10-11(12(15)20-6-19-10)21(9)5-13(16,17)18/h1-3,6H,4-5H2. The molecule has 0 N–H and O–H groups in total. The zero-order valence-electron chi connectivity index (χ0n) is 10.5. The number of nitrogens with zero attached hydrogens (tertiary/aromatic N) is 3. The van der Waals surface area contributed by atoms with Crippen molar-refractivity contribution in [2.45, 2.75) is 18.6 Å². The molecule has 0 spiro atoms. The Bertz CT molecular complexity index is 827. The molecule has 3 rings (SSSR count). The first-order valence-electron chi connectivity index (χ1n) is 5.95. The molecule has 2 aromatic heterocycles. The molecule has 0 radical (unpaired) electrons. The van der Waals surface area contributed by atoms with Gasteiger partial charge >= 0.3 is 6.18 Å². The van der Waals surface area contributed by atoms with Crippen molar-refractivity contribution in [3.8, 4) is 0 Å². The van der Waals surface area contributed by atoms with Gasteiger partial charge in [-0.1, -0.05) is 17.7 Å². The van der Waals surface area contributed by atoms with Crippen molar-refractivity contribution in [1.82, 2.24) is 14.5 Å². The van der Waals surface area contributed by atoms with Crippen LogP contribution in [0.2, 0.25) is 5.15 Å². The van der Waals surface area contributed by atoms with Crippen molar-refractivity contribution in [2.24, 2.45) is 0 Å². The van der Waals surface area contributed by atoms with Crippen LogP contribution in [0, 0.1) is 0 Å². The highest BCUT2D eigenvalue weighted by Gasteiger charge is 2.30. The monoisotopic (exact) mass is 333 g/mol. The lowest BCUT2D eigenvalue weighted by Gasteiger charge is -2.10. The average Bonchev–Trinajstić information content (AvgIpc) is 2.72. The van der Waals surface area contributed by atoms with Crippen molar-refractivity contribution in [3.05, 3.63) is 35.2 Å². The van der Waals surface area contributed by atoms with Crippen molar-refractivity contribution < 1.29 is 13.2 Å². The fourth-order valence-electron chi connectivity index (χ4n) is 2.35. The number of rotatable bonds is 2. The van der Waals surface area contributed by atoms with Gasteiger partial charge in [0.25, 0.3) is 0 Å². The van der Waals surface area contributed by atoms with E-state index in [0.717, 1.165) is 10.1 Å². The first-order valence-corrected chi connectivity index (χ1v) is 6.86. The molecule has 21 heavy (non-hydrogen) atoms. The fourth-order valence-corrected chi connectivity index (χ4v) is 2.75. The van der Waals surface area contributed by atoms with Crippen molar-refractivity contribution in [3.63, 3.8) is 0 Å². The lowest BCUT2D eigenvalue weighted by molar-refractivity contribution is -0.139. The fraction of sp³-hybridized carbons (Fsp3) is 0.231. The van der Waals surface area contributed by atoms with E-state index in [2.05, 4.69) is 9.97 Å². The maximum Gasteiger partial charge on any atom is 0.406 e. The zero-order valence-corrected chi connectivity index (χ0v) is 12.0. The second-order valence-electron chi connectivity index (χ2n) is 4.55. The Kier molecular flexibility index (Phi) is 3.45. The summed E-state index contributed by atoms with van der Waals surface area (Å²) in [6.45, 7) is -1.15. The molecule has 1 aromatic carbocycles. The molecule has 0 aliphatic heterocycles. The predicted molar refractivity (Wildman–Crippen MR) is 75.7 cm³/mol. The van der Waals surface area contributed by atoms with Gasteiger partial charge in [0.2, 0.25) is 0 Å². The summed E-state index contributed by atoms with van der Waals surface area (Å²) in [7, 11) is 0. The SMILES string of the molecule is FC(F)(F)Cn1c2ccc(CCl)cc2c2ncnc(Cl)c21. The van der Waals surface area contributed by atoms with Crippen LogP contribution in [0.4, 0.5) is 13.2 Å². The van der Waals surface area contributed by atoms with Crippen LogP contribution in [0.25, 0.3) is 21.9 Å². The highest BCUT2D eigenvalue weighted by molar-refractivity contribution is 6.34. The molecule has 0 bridgehead atoms. The number of hydrogen-bond acceptors (Lipinski definition) is 2. The Labute approximate surface area is 127 Å². The van der Waals surface area contributed by atoms with Gasteiger partial charge in [0.1, 0.15) is 23.9 Å². The van der Waals surface area contributed by atoms with Crippen LogP contribution in [0.1, 0.15) is 5.56 Å². The smallest absolute Gasteiger partial charge is 0.327 e. The minimum absolute atomic E-state index is 0.00660. The van der Waals surface area contributed by atoms with Crippen LogP contribution < -0.4 is 0 Å². The molecule has 0 fully saturated rings. The second-order valence-corrected chi connectivity index (χ2v) is 5.17. The first kappa shape index (κ1) is 14.4. The van der Waals surface area contributed by atoms with E-state index in [1.807, 2.05) is 0 Å². The van der Waals surface area contributed by atoms with Gasteiger partial charge in [0.15, 0.2) is 5.15 Å². The summed E-state index contributed by atoms with van der Waals surface area (Å²) < 4.78 is 39.6. The van der Waals surface area contributed by atoms with Gasteiger partial charge < -0.3 is 4.57 Å². The van der Waals surface area contributed by atoms with Gasteiger partial charge in [-0.05, 0) is 17.7 Å². The molecule has 0 aliphatic rings. The van der Waals surface area contributed by atoms with E-state index in [9.17, 15) is 13.2 Å². The van der Waals surface area contributed by atoms with Crippen molar-refractivity contribution in [1.29, 1.82) is 0 Å². The average molecular weight is 334 g/mol. The summed E-state index contributed by atoms with van der Waals surface area (Å²) in [6, 6.07) is 5.00. The van der Waals surface area contributed by atoms with E-state index < -0.39 is 12.7 Å². The summed E-state index contributed by atoms with van der Waals surface area (Å²) in [6.07, 6.45) is -3.14. The Hall–Kier alpha value is -1.53. The third-order valence-corrected chi connectivity index (χ3v) is 3.73. The molecule has 0 saturated heterocycles. The molecule has 0 aliphatic carbocycles. The van der Waals surface area contributed by atoms with E-state index >= 15 is 0 Å². The molecule has 3 nitrogen and oxygen atoms in total. The molecule has 0 atom stereocenters. The lowest BCUT2D eigenvalue weighted by atomic mass is 10.1. The summed E-state index contributed by atoms with van der Waals surface area (Å²) in [4.78, 5) is 7.85. The quantitative estimate of drug-likeness (QED) is 0.509. The van der Waals surface area contributed by atoms with Crippen LogP contribution in [-0.2, 0) is 12.4 Å². The Morgan fingerprint density at radius 3 is 2.62 bits per heavy atom. The summed E-state index contributed by atoms with van der Waals surface area (Å²) >= 11 is 11.7. The summed E-state index contributed by atoms with van der Waals surface area (Å²) in [5.41, 5.74) is 1.77. The maximum absolute atomic E-state index is 12.8. The largest absolute Gasteiger partial charge is 0.406 e. The van der Waals surface area contributed by atoms with Crippen LogP contribution in [0.3, 0.4) is 0 Å². The molecule has 0 amide bonds. The predicted octanol–water partition coefficient (Wildman–Crippen LogP) is 4.54. The van der Waals surface area contributed by atoms with Gasteiger partial charge in [-0.15, -0.1) is 11.6 Å². The molecule has 0 saturated carbocycles. The number of halogens is 5. The molecular weight excluding hydrogens is 326 g/mol. The molecule has 110 valence electrons. The van der Waals surface area contributed by atoms with Crippen molar-refractivity contribution in [2.75, 3.05) is 0 Å². The van der Waals surface area contributed by atoms with Gasteiger partial charge in [-0.2, -0.15) is 13.2 Å². The number of hydrogen-bond donors (Lipinski definition) is 0. The number of aromatic nitrogens is 3. The second kappa shape index (κ2) is 5.03. The Balaban J connectivity index is 2.41. The molecule has 0 unspecified atom stereocenters. The molecule has 2 heterocycles. The van der Waals surface area contributed by atoms with Crippen LogP contribution in [0.5, 0.6) is 0 Å². The van der Waals surface area contributed by atoms with E-state index in [1.54, 1.807) is 18.2 Å². The zero-order chi connectivity index (χ0) is 15.2. The van der Waals surface area contributed by atoms with E-state index in [4.69, 9.17) is 23.2 Å². The minimum Gasteiger partial charge on any atom is -0.327 e. The first-order chi connectivity index (χ1) is 9.90. The molecular formula is C13H8Cl2F3N3. The van der Waals surface area contributed by atoms with E-state index in [0.29, 0.717) is 16.4 Å². The van der Waals surface area contributed by atoms with Crippen LogP contribution >= 0.6 is 23.2 Å². The van der Waals surface area contributed by atoms with E-state index in [-0.39, 0.29) is 16.5 Å². The maximum atomic E-state index is 12.8. The Morgan fingerprint density at radius 1 is 1.19 bits per heavy atom. The molecule has 3 aromatic rings. The highest BCUT2D eigenvalue weighted by atomic mass is 35.5. The minimum atomic E-state index is -4.37. The lowest BCUT2D eigenvalue weighted by Crippen LogP contribution is -2.17. The number of benzene rings is 1. The third-order valence-electron chi connectivity index (χ3n) is 3.15. The topological polar surface area (TPSA) is 30.7 Å². The van der Waals surface area contributed by atoms with Crippen molar-refractivity contribution >= 4 is 45.1 Å². The highest BCUT2D eigenvalue weighted by Crippen LogP contribution is 2.34. The van der Waals surface area contributed by atoms with Gasteiger partial charge in [0, 0.05) is 11.3 Å². The number of alkyl halides is 4. The van der Waals surface area contributed by atoms with Gasteiger partial charge in [-0.25, -0.2) is 9.97 Å². The van der Waals surface area contributed by atoms with Gasteiger partial charge in [-0.3, -0.25) is 0 Å². The molecule has 8 heteroatoms. The van der Waals surface area contributed by atoms with Gasteiger partial charge in [0.05, 0.1) is 5.52 Å².